The summed E-state index contributed by atoms with van der Waals surface area (Å²) in [5.74, 6) is -0.639. The smallest absolute Gasteiger partial charge is 0.313 e. The Kier molecular flexibility index (Phi) is 7.32. The molecule has 0 aromatic heterocycles. The van der Waals surface area contributed by atoms with Crippen LogP contribution in [-0.2, 0) is 14.3 Å². The Hall–Kier alpha value is -1.32. The zero-order valence-electron chi connectivity index (χ0n) is 9.66. The highest BCUT2D eigenvalue weighted by atomic mass is 16.5. The van der Waals surface area contributed by atoms with Crippen molar-refractivity contribution in [1.29, 1.82) is 0 Å². The Labute approximate surface area is 90.9 Å². The molecule has 0 unspecified atom stereocenters. The Balaban J connectivity index is 3.68. The quantitative estimate of drug-likeness (QED) is 0.473. The number of esters is 1. The molecule has 0 amide bonds. The maximum Gasteiger partial charge on any atom is 0.313 e. The molecule has 86 valence electrons. The molecule has 4 nitrogen and oxygen atoms in total. The second-order valence-corrected chi connectivity index (χ2v) is 3.17. The predicted molar refractivity (Wildman–Crippen MR) is 58.3 cm³/mol. The van der Waals surface area contributed by atoms with Crippen LogP contribution in [0.5, 0.6) is 0 Å². The van der Waals surface area contributed by atoms with Gasteiger partial charge in [-0.2, -0.15) is 0 Å². The molecule has 4 heteroatoms. The van der Waals surface area contributed by atoms with E-state index in [2.05, 4.69) is 18.7 Å². The Morgan fingerprint density at radius 2 is 1.87 bits per heavy atom. The highest BCUT2D eigenvalue weighted by molar-refractivity contribution is 5.94. The highest BCUT2D eigenvalue weighted by Crippen LogP contribution is 1.91. The standard InChI is InChI=1S/C11H19NO3/c1-4-12(5-2)7-6-8-15-11(14)9-10(3)13/h6-7H,4-5,8-9H2,1-3H3. The molecule has 0 saturated carbocycles. The summed E-state index contributed by atoms with van der Waals surface area (Å²) in [6, 6.07) is 0. The van der Waals surface area contributed by atoms with Crippen LogP contribution in [0.15, 0.2) is 12.3 Å². The van der Waals surface area contributed by atoms with Gasteiger partial charge in [-0.15, -0.1) is 0 Å². The van der Waals surface area contributed by atoms with Gasteiger partial charge >= 0.3 is 5.97 Å². The summed E-state index contributed by atoms with van der Waals surface area (Å²) < 4.78 is 4.82. The van der Waals surface area contributed by atoms with Crippen molar-refractivity contribution in [3.8, 4) is 0 Å². The van der Waals surface area contributed by atoms with Gasteiger partial charge in [-0.3, -0.25) is 9.59 Å². The highest BCUT2D eigenvalue weighted by Gasteiger charge is 2.04. The number of ether oxygens (including phenoxy) is 1. The minimum atomic E-state index is -0.466. The summed E-state index contributed by atoms with van der Waals surface area (Å²) in [4.78, 5) is 23.6. The van der Waals surface area contributed by atoms with Crippen molar-refractivity contribution >= 4 is 11.8 Å². The third kappa shape index (κ3) is 7.73. The van der Waals surface area contributed by atoms with E-state index in [0.29, 0.717) is 0 Å². The molecule has 0 aliphatic heterocycles. The third-order valence-electron chi connectivity index (χ3n) is 1.86. The van der Waals surface area contributed by atoms with Crippen LogP contribution in [0.2, 0.25) is 0 Å². The van der Waals surface area contributed by atoms with Crippen molar-refractivity contribution in [2.45, 2.75) is 27.2 Å². The van der Waals surface area contributed by atoms with Crippen LogP contribution in [-0.4, -0.2) is 36.3 Å². The summed E-state index contributed by atoms with van der Waals surface area (Å²) >= 11 is 0. The van der Waals surface area contributed by atoms with Gasteiger partial charge in [0, 0.05) is 13.1 Å². The van der Waals surface area contributed by atoms with E-state index in [4.69, 9.17) is 4.74 Å². The lowest BCUT2D eigenvalue weighted by Gasteiger charge is -2.14. The molecule has 0 atom stereocenters. The van der Waals surface area contributed by atoms with E-state index in [9.17, 15) is 9.59 Å². The first-order valence-corrected chi connectivity index (χ1v) is 5.15. The molecule has 0 N–H and O–H groups in total. The zero-order valence-corrected chi connectivity index (χ0v) is 9.66. The molecule has 0 aromatic carbocycles. The number of Topliss-reactive ketones (excluding diaryl/α,β-unsaturated/α-hetero) is 1. The predicted octanol–water partition coefficient (Wildman–Crippen LogP) is 1.36. The summed E-state index contributed by atoms with van der Waals surface area (Å²) in [6.07, 6.45) is 3.52. The Morgan fingerprint density at radius 1 is 1.27 bits per heavy atom. The number of carbonyl (C=O) groups excluding carboxylic acids is 2. The van der Waals surface area contributed by atoms with Gasteiger partial charge in [-0.1, -0.05) is 0 Å². The molecule has 15 heavy (non-hydrogen) atoms. The monoisotopic (exact) mass is 213 g/mol. The number of nitrogens with zero attached hydrogens (tertiary/aromatic N) is 1. The topological polar surface area (TPSA) is 46.6 Å². The van der Waals surface area contributed by atoms with E-state index in [1.54, 1.807) is 6.08 Å². The average Bonchev–Trinajstić information content (AvgIpc) is 2.17. The zero-order chi connectivity index (χ0) is 11.7. The van der Waals surface area contributed by atoms with Gasteiger partial charge in [0.15, 0.2) is 0 Å². The molecule has 0 heterocycles. The molecule has 0 bridgehead atoms. The van der Waals surface area contributed by atoms with Gasteiger partial charge in [-0.05, 0) is 33.0 Å². The van der Waals surface area contributed by atoms with E-state index in [1.165, 1.54) is 6.92 Å². The first kappa shape index (κ1) is 13.7. The van der Waals surface area contributed by atoms with Crippen LogP contribution < -0.4 is 0 Å². The molecule has 0 aliphatic carbocycles. The van der Waals surface area contributed by atoms with Crippen LogP contribution in [0, 0.1) is 0 Å². The Morgan fingerprint density at radius 3 is 2.33 bits per heavy atom. The van der Waals surface area contributed by atoms with Gasteiger partial charge in [0.05, 0.1) is 0 Å². The van der Waals surface area contributed by atoms with Crippen molar-refractivity contribution in [3.05, 3.63) is 12.3 Å². The van der Waals surface area contributed by atoms with E-state index in [1.807, 2.05) is 6.20 Å². The number of hydrogen-bond donors (Lipinski definition) is 0. The SMILES string of the molecule is CCN(C=CCOC(=O)CC(C)=O)CC. The second kappa shape index (κ2) is 8.03. The van der Waals surface area contributed by atoms with Crippen LogP contribution in [0.25, 0.3) is 0 Å². The minimum absolute atomic E-state index is 0.140. The molecule has 0 aromatic rings. The summed E-state index contributed by atoms with van der Waals surface area (Å²) in [5, 5.41) is 0. The minimum Gasteiger partial charge on any atom is -0.461 e. The molecular formula is C11H19NO3. The van der Waals surface area contributed by atoms with Crippen molar-refractivity contribution in [2.24, 2.45) is 0 Å². The summed E-state index contributed by atoms with van der Waals surface area (Å²) in [7, 11) is 0. The van der Waals surface area contributed by atoms with Crippen LogP contribution in [0.3, 0.4) is 0 Å². The number of hydrogen-bond acceptors (Lipinski definition) is 4. The van der Waals surface area contributed by atoms with Crippen LogP contribution in [0.1, 0.15) is 27.2 Å². The van der Waals surface area contributed by atoms with E-state index in [-0.39, 0.29) is 18.8 Å². The molecule has 0 saturated heterocycles. The fourth-order valence-corrected chi connectivity index (χ4v) is 1.02. The van der Waals surface area contributed by atoms with Gasteiger partial charge in [0.2, 0.25) is 0 Å². The fourth-order valence-electron chi connectivity index (χ4n) is 1.02. The van der Waals surface area contributed by atoms with Gasteiger partial charge in [0.1, 0.15) is 18.8 Å². The average molecular weight is 213 g/mol. The van der Waals surface area contributed by atoms with Gasteiger partial charge in [-0.25, -0.2) is 0 Å². The molecule has 0 fully saturated rings. The Bertz CT molecular complexity index is 232. The lowest BCUT2D eigenvalue weighted by atomic mass is 10.3. The van der Waals surface area contributed by atoms with E-state index < -0.39 is 5.97 Å². The van der Waals surface area contributed by atoms with Crippen molar-refractivity contribution < 1.29 is 14.3 Å². The first-order valence-electron chi connectivity index (χ1n) is 5.15. The number of rotatable bonds is 7. The molecule has 0 spiro atoms. The van der Waals surface area contributed by atoms with Crippen molar-refractivity contribution in [1.82, 2.24) is 4.90 Å². The van der Waals surface area contributed by atoms with E-state index in [0.717, 1.165) is 13.1 Å². The van der Waals surface area contributed by atoms with E-state index >= 15 is 0 Å². The van der Waals surface area contributed by atoms with Crippen molar-refractivity contribution in [2.75, 3.05) is 19.7 Å². The molecule has 0 radical (unpaired) electrons. The molecular weight excluding hydrogens is 194 g/mol. The lowest BCUT2D eigenvalue weighted by molar-refractivity contribution is -0.144. The van der Waals surface area contributed by atoms with Crippen LogP contribution in [0.4, 0.5) is 0 Å². The maximum absolute atomic E-state index is 10.9. The normalized spacial score (nSPS) is 10.3. The number of carbonyl (C=O) groups is 2. The summed E-state index contributed by atoms with van der Waals surface area (Å²) in [5.41, 5.74) is 0. The van der Waals surface area contributed by atoms with Crippen LogP contribution >= 0.6 is 0 Å². The van der Waals surface area contributed by atoms with Crippen molar-refractivity contribution in [3.63, 3.8) is 0 Å². The first-order chi connectivity index (χ1) is 7.10. The molecule has 0 aliphatic rings. The number of ketones is 1. The molecule has 0 rings (SSSR count). The summed E-state index contributed by atoms with van der Waals surface area (Å²) in [6.45, 7) is 7.55. The maximum atomic E-state index is 10.9. The largest absolute Gasteiger partial charge is 0.461 e. The second-order valence-electron chi connectivity index (χ2n) is 3.17. The fraction of sp³-hybridized carbons (Fsp3) is 0.636. The van der Waals surface area contributed by atoms with Gasteiger partial charge in [0.25, 0.3) is 0 Å². The lowest BCUT2D eigenvalue weighted by Crippen LogP contribution is -2.16. The third-order valence-corrected chi connectivity index (χ3v) is 1.86. The van der Waals surface area contributed by atoms with Gasteiger partial charge < -0.3 is 9.64 Å².